The van der Waals surface area contributed by atoms with Crippen molar-refractivity contribution in [1.29, 1.82) is 0 Å². The van der Waals surface area contributed by atoms with Gasteiger partial charge in [0.2, 0.25) is 0 Å². The van der Waals surface area contributed by atoms with Crippen molar-refractivity contribution in [3.63, 3.8) is 0 Å². The summed E-state index contributed by atoms with van der Waals surface area (Å²) in [7, 11) is 0. The van der Waals surface area contributed by atoms with Crippen molar-refractivity contribution in [3.05, 3.63) is 48.0 Å². The Bertz CT molecular complexity index is 514. The maximum atomic E-state index is 11.7. The number of nitrogens with two attached hydrogens (primary N) is 1. The number of rotatable bonds is 3. The molecular weight excluding hydrogens is 218 g/mol. The fourth-order valence-electron chi connectivity index (χ4n) is 1.26. The summed E-state index contributed by atoms with van der Waals surface area (Å²) < 4.78 is 0. The molecule has 0 saturated heterocycles. The van der Waals surface area contributed by atoms with Gasteiger partial charge in [-0.2, -0.15) is 10.2 Å². The van der Waals surface area contributed by atoms with Crippen LogP contribution in [-0.4, -0.2) is 21.1 Å². The van der Waals surface area contributed by atoms with E-state index < -0.39 is 0 Å². The van der Waals surface area contributed by atoms with Crippen LogP contribution >= 0.6 is 0 Å². The molecule has 2 aromatic heterocycles. The van der Waals surface area contributed by atoms with Gasteiger partial charge in [-0.25, -0.2) is 0 Å². The first kappa shape index (κ1) is 11.0. The fraction of sp³-hybridized carbons (Fsp3) is 0.0909. The molecule has 0 aromatic carbocycles. The van der Waals surface area contributed by atoms with E-state index in [1.807, 2.05) is 0 Å². The zero-order valence-corrected chi connectivity index (χ0v) is 9.00. The number of carbonyl (C=O) groups is 1. The number of pyridine rings is 1. The third-order valence-electron chi connectivity index (χ3n) is 2.07. The van der Waals surface area contributed by atoms with E-state index in [1.165, 1.54) is 12.3 Å². The fourth-order valence-corrected chi connectivity index (χ4v) is 1.26. The Hall–Kier alpha value is -2.50. The first-order valence-electron chi connectivity index (χ1n) is 5.02. The van der Waals surface area contributed by atoms with Gasteiger partial charge in [0.05, 0.1) is 12.2 Å². The van der Waals surface area contributed by atoms with E-state index in [4.69, 9.17) is 5.73 Å². The Labute approximate surface area is 97.9 Å². The molecule has 0 atom stereocenters. The normalized spacial score (nSPS) is 9.88. The molecule has 2 heterocycles. The molecule has 0 saturated carbocycles. The lowest BCUT2D eigenvalue weighted by Gasteiger charge is -2.03. The van der Waals surface area contributed by atoms with E-state index in [2.05, 4.69) is 20.5 Å². The first-order valence-corrected chi connectivity index (χ1v) is 5.02. The van der Waals surface area contributed by atoms with Crippen molar-refractivity contribution in [2.45, 2.75) is 6.54 Å². The van der Waals surface area contributed by atoms with Gasteiger partial charge in [-0.1, -0.05) is 0 Å². The van der Waals surface area contributed by atoms with E-state index in [-0.39, 0.29) is 11.6 Å². The second-order valence-electron chi connectivity index (χ2n) is 3.37. The Morgan fingerprint density at radius 3 is 2.94 bits per heavy atom. The molecule has 0 aliphatic heterocycles. The zero-order valence-electron chi connectivity index (χ0n) is 9.00. The van der Waals surface area contributed by atoms with Gasteiger partial charge < -0.3 is 11.1 Å². The Morgan fingerprint density at radius 2 is 2.24 bits per heavy atom. The maximum Gasteiger partial charge on any atom is 0.270 e. The van der Waals surface area contributed by atoms with Crippen molar-refractivity contribution >= 4 is 11.6 Å². The number of nitrogens with one attached hydrogen (secondary N) is 1. The van der Waals surface area contributed by atoms with E-state index >= 15 is 0 Å². The third kappa shape index (κ3) is 2.97. The summed E-state index contributed by atoms with van der Waals surface area (Å²) in [6, 6.07) is 6.68. The molecular formula is C11H11N5O. The summed E-state index contributed by atoms with van der Waals surface area (Å²) in [4.78, 5) is 15.6. The number of hydrogen-bond donors (Lipinski definition) is 2. The first-order chi connectivity index (χ1) is 8.25. The monoisotopic (exact) mass is 229 g/mol. The molecule has 0 bridgehead atoms. The second-order valence-corrected chi connectivity index (χ2v) is 3.37. The van der Waals surface area contributed by atoms with Crippen molar-refractivity contribution in [3.8, 4) is 0 Å². The van der Waals surface area contributed by atoms with Crippen LogP contribution in [0, 0.1) is 0 Å². The molecule has 0 radical (unpaired) electrons. The molecule has 0 spiro atoms. The summed E-state index contributed by atoms with van der Waals surface area (Å²) >= 11 is 0. The van der Waals surface area contributed by atoms with Crippen LogP contribution < -0.4 is 11.1 Å². The molecule has 0 aliphatic carbocycles. The number of nitrogens with zero attached hydrogens (tertiary/aromatic N) is 3. The van der Waals surface area contributed by atoms with Crippen LogP contribution in [0.1, 0.15) is 16.2 Å². The minimum absolute atomic E-state index is 0.286. The number of carbonyl (C=O) groups excluding carboxylic acids is 1. The lowest BCUT2D eigenvalue weighted by atomic mass is 10.3. The van der Waals surface area contributed by atoms with E-state index in [1.54, 1.807) is 24.4 Å². The van der Waals surface area contributed by atoms with Gasteiger partial charge in [0, 0.05) is 18.1 Å². The number of amides is 1. The topological polar surface area (TPSA) is 93.8 Å². The van der Waals surface area contributed by atoms with Crippen LogP contribution in [0.4, 0.5) is 5.69 Å². The Balaban J connectivity index is 1.98. The van der Waals surface area contributed by atoms with Crippen LogP contribution in [-0.2, 0) is 6.54 Å². The third-order valence-corrected chi connectivity index (χ3v) is 2.07. The van der Waals surface area contributed by atoms with Gasteiger partial charge in [-0.05, 0) is 24.3 Å². The van der Waals surface area contributed by atoms with Crippen LogP contribution in [0.5, 0.6) is 0 Å². The average Bonchev–Trinajstić information content (AvgIpc) is 2.37. The Morgan fingerprint density at radius 1 is 1.35 bits per heavy atom. The highest BCUT2D eigenvalue weighted by atomic mass is 16.1. The molecule has 17 heavy (non-hydrogen) atoms. The predicted octanol–water partition coefficient (Wildman–Crippen LogP) is 0.384. The minimum atomic E-state index is -0.289. The summed E-state index contributed by atoms with van der Waals surface area (Å²) in [5.74, 6) is -0.289. The molecule has 6 nitrogen and oxygen atoms in total. The van der Waals surface area contributed by atoms with Gasteiger partial charge >= 0.3 is 0 Å². The smallest absolute Gasteiger partial charge is 0.270 e. The summed E-state index contributed by atoms with van der Waals surface area (Å²) in [6.45, 7) is 0.309. The standard InChI is InChI=1S/C11H11N5O/c12-8-3-5-13-10(6-8)11(17)14-7-9-2-1-4-15-16-9/h1-6H,7H2,(H2,12,13)(H,14,17). The highest BCUT2D eigenvalue weighted by molar-refractivity contribution is 5.92. The zero-order chi connectivity index (χ0) is 12.1. The predicted molar refractivity (Wildman–Crippen MR) is 61.9 cm³/mol. The Kier molecular flexibility index (Phi) is 3.25. The molecule has 2 aromatic rings. The quantitative estimate of drug-likeness (QED) is 0.793. The van der Waals surface area contributed by atoms with Crippen molar-refractivity contribution in [2.75, 3.05) is 5.73 Å². The number of nitrogen functional groups attached to an aromatic ring is 1. The highest BCUT2D eigenvalue weighted by Gasteiger charge is 2.07. The van der Waals surface area contributed by atoms with Gasteiger partial charge in [-0.15, -0.1) is 0 Å². The number of hydrogen-bond acceptors (Lipinski definition) is 5. The molecule has 2 rings (SSSR count). The van der Waals surface area contributed by atoms with Crippen molar-refractivity contribution < 1.29 is 4.79 Å². The highest BCUT2D eigenvalue weighted by Crippen LogP contribution is 2.02. The number of aromatic nitrogens is 3. The van der Waals surface area contributed by atoms with E-state index in [0.29, 0.717) is 17.9 Å². The maximum absolute atomic E-state index is 11.7. The molecule has 0 unspecified atom stereocenters. The number of anilines is 1. The van der Waals surface area contributed by atoms with Gasteiger partial charge in [0.1, 0.15) is 5.69 Å². The van der Waals surface area contributed by atoms with E-state index in [9.17, 15) is 4.79 Å². The molecule has 6 heteroatoms. The largest absolute Gasteiger partial charge is 0.399 e. The van der Waals surface area contributed by atoms with Crippen LogP contribution in [0.2, 0.25) is 0 Å². The summed E-state index contributed by atoms with van der Waals surface area (Å²) in [5.41, 5.74) is 7.04. The van der Waals surface area contributed by atoms with Crippen LogP contribution in [0.25, 0.3) is 0 Å². The molecule has 86 valence electrons. The average molecular weight is 229 g/mol. The van der Waals surface area contributed by atoms with Crippen molar-refractivity contribution in [2.24, 2.45) is 0 Å². The van der Waals surface area contributed by atoms with Crippen LogP contribution in [0.15, 0.2) is 36.7 Å². The molecule has 1 amide bonds. The summed E-state index contributed by atoms with van der Waals surface area (Å²) in [6.07, 6.45) is 3.07. The molecule has 0 fully saturated rings. The van der Waals surface area contributed by atoms with Gasteiger partial charge in [-0.3, -0.25) is 9.78 Å². The van der Waals surface area contributed by atoms with Gasteiger partial charge in [0.25, 0.3) is 5.91 Å². The lowest BCUT2D eigenvalue weighted by Crippen LogP contribution is -2.24. The summed E-state index contributed by atoms with van der Waals surface area (Å²) in [5, 5.41) is 10.2. The second kappa shape index (κ2) is 5.02. The van der Waals surface area contributed by atoms with Crippen LogP contribution in [0.3, 0.4) is 0 Å². The van der Waals surface area contributed by atoms with E-state index in [0.717, 1.165) is 0 Å². The lowest BCUT2D eigenvalue weighted by molar-refractivity contribution is 0.0945. The van der Waals surface area contributed by atoms with Crippen molar-refractivity contribution in [1.82, 2.24) is 20.5 Å². The molecule has 3 N–H and O–H groups in total. The SMILES string of the molecule is Nc1ccnc(C(=O)NCc2cccnn2)c1. The van der Waals surface area contributed by atoms with Gasteiger partial charge in [0.15, 0.2) is 0 Å². The minimum Gasteiger partial charge on any atom is -0.399 e. The molecule has 0 aliphatic rings.